The number of hydrogen-bond donors (Lipinski definition) is 1. The summed E-state index contributed by atoms with van der Waals surface area (Å²) in [6.07, 6.45) is -2.51. The largest absolute Gasteiger partial charge is 0.507 e. The minimum Gasteiger partial charge on any atom is -0.507 e. The maximum absolute atomic E-state index is 13.3. The van der Waals surface area contributed by atoms with E-state index in [0.717, 1.165) is 0 Å². The summed E-state index contributed by atoms with van der Waals surface area (Å²) in [5.41, 5.74) is 1.81. The van der Waals surface area contributed by atoms with Gasteiger partial charge in [0.1, 0.15) is 23.4 Å². The molecule has 1 aromatic carbocycles. The third-order valence-electron chi connectivity index (χ3n) is 5.00. The second kappa shape index (κ2) is 6.51. The van der Waals surface area contributed by atoms with E-state index in [1.54, 1.807) is 24.6 Å². The van der Waals surface area contributed by atoms with Crippen LogP contribution in [0.5, 0.6) is 5.75 Å². The van der Waals surface area contributed by atoms with E-state index < -0.39 is 12.2 Å². The minimum absolute atomic E-state index is 0.0362. The Bertz CT molecular complexity index is 1040. The Morgan fingerprint density at radius 3 is 2.68 bits per heavy atom. The monoisotopic (exact) mass is 411 g/mol. The number of benzene rings is 1. The molecule has 0 amide bonds. The molecule has 3 heterocycles. The smallest absolute Gasteiger partial charge is 0.408 e. The Morgan fingerprint density at radius 2 is 2.00 bits per heavy atom. The number of aromatic hydroxyl groups is 1. The number of phenols is 1. The van der Waals surface area contributed by atoms with Gasteiger partial charge in [-0.25, -0.2) is 15.0 Å². The van der Waals surface area contributed by atoms with Crippen LogP contribution >= 0.6 is 11.6 Å². The van der Waals surface area contributed by atoms with Gasteiger partial charge in [-0.15, -0.1) is 0 Å². The van der Waals surface area contributed by atoms with Crippen molar-refractivity contribution in [2.45, 2.75) is 32.0 Å². The normalized spacial score (nSPS) is 17.6. The average molecular weight is 412 g/mol. The van der Waals surface area contributed by atoms with Gasteiger partial charge in [0.2, 0.25) is 0 Å². The summed E-state index contributed by atoms with van der Waals surface area (Å²) in [7, 11) is 1.71. The Labute approximate surface area is 163 Å². The third-order valence-corrected chi connectivity index (χ3v) is 5.22. The topological polar surface area (TPSA) is 67.1 Å². The summed E-state index contributed by atoms with van der Waals surface area (Å²) in [5, 5.41) is 10.7. The molecule has 0 bridgehead atoms. The number of halogens is 4. The highest BCUT2D eigenvalue weighted by Crippen LogP contribution is 2.37. The van der Waals surface area contributed by atoms with Crippen LogP contribution in [0.25, 0.3) is 22.7 Å². The van der Waals surface area contributed by atoms with Crippen molar-refractivity contribution >= 4 is 28.7 Å². The molecule has 1 N–H and O–H groups in total. The summed E-state index contributed by atoms with van der Waals surface area (Å²) in [6, 6.07) is 1.54. The van der Waals surface area contributed by atoms with Crippen molar-refractivity contribution < 1.29 is 18.3 Å². The predicted octanol–water partition coefficient (Wildman–Crippen LogP) is 4.23. The second-order valence-electron chi connectivity index (χ2n) is 6.88. The van der Waals surface area contributed by atoms with Gasteiger partial charge < -0.3 is 14.6 Å². The fourth-order valence-electron chi connectivity index (χ4n) is 3.71. The maximum Gasteiger partial charge on any atom is 0.408 e. The van der Waals surface area contributed by atoms with E-state index in [9.17, 15) is 18.3 Å². The van der Waals surface area contributed by atoms with E-state index in [4.69, 9.17) is 11.6 Å². The van der Waals surface area contributed by atoms with Crippen molar-refractivity contribution in [1.29, 1.82) is 0 Å². The van der Waals surface area contributed by atoms with Gasteiger partial charge in [-0.3, -0.25) is 0 Å². The Morgan fingerprint density at radius 1 is 1.25 bits per heavy atom. The summed E-state index contributed by atoms with van der Waals surface area (Å²) in [4.78, 5) is 14.3. The molecule has 1 fully saturated rings. The van der Waals surface area contributed by atoms with E-state index in [-0.39, 0.29) is 30.2 Å². The molecule has 1 unspecified atom stereocenters. The van der Waals surface area contributed by atoms with Gasteiger partial charge in [0, 0.05) is 18.6 Å². The zero-order chi connectivity index (χ0) is 20.2. The molecule has 10 heteroatoms. The zero-order valence-electron chi connectivity index (χ0n) is 15.1. The molecule has 4 rings (SSSR count). The highest BCUT2D eigenvalue weighted by atomic mass is 35.5. The van der Waals surface area contributed by atoms with Crippen molar-refractivity contribution in [2.75, 3.05) is 11.4 Å². The maximum atomic E-state index is 13.3. The van der Waals surface area contributed by atoms with Crippen molar-refractivity contribution in [3.63, 3.8) is 0 Å². The molecule has 0 radical (unpaired) electrons. The van der Waals surface area contributed by atoms with Crippen LogP contribution in [0, 0.1) is 6.92 Å². The van der Waals surface area contributed by atoms with E-state index in [1.807, 2.05) is 0 Å². The highest BCUT2D eigenvalue weighted by Gasteiger charge is 2.46. The summed E-state index contributed by atoms with van der Waals surface area (Å²) >= 11 is 5.96. The summed E-state index contributed by atoms with van der Waals surface area (Å²) in [6.45, 7) is 2.05. The molecule has 28 heavy (non-hydrogen) atoms. The Balaban J connectivity index is 1.81. The fourth-order valence-corrected chi connectivity index (χ4v) is 3.98. The zero-order valence-corrected chi connectivity index (χ0v) is 15.9. The number of phenolic OH excluding ortho intramolecular Hbond substituents is 1. The number of imidazole rings is 1. The minimum atomic E-state index is -4.32. The molecule has 0 saturated carbocycles. The molecule has 148 valence electrons. The first-order valence-corrected chi connectivity index (χ1v) is 9.07. The van der Waals surface area contributed by atoms with Crippen molar-refractivity contribution in [3.05, 3.63) is 28.9 Å². The summed E-state index contributed by atoms with van der Waals surface area (Å²) < 4.78 is 41.5. The van der Waals surface area contributed by atoms with Gasteiger partial charge >= 0.3 is 6.18 Å². The van der Waals surface area contributed by atoms with Gasteiger partial charge in [-0.1, -0.05) is 11.6 Å². The van der Waals surface area contributed by atoms with E-state index in [0.29, 0.717) is 34.0 Å². The average Bonchev–Trinajstić information content (AvgIpc) is 3.19. The van der Waals surface area contributed by atoms with Crippen molar-refractivity contribution in [2.24, 2.45) is 7.05 Å². The van der Waals surface area contributed by atoms with Gasteiger partial charge in [0.05, 0.1) is 11.8 Å². The predicted molar refractivity (Wildman–Crippen MR) is 99.6 cm³/mol. The fraction of sp³-hybridized carbons (Fsp3) is 0.389. The first-order valence-electron chi connectivity index (χ1n) is 8.69. The lowest BCUT2D eigenvalue weighted by Crippen LogP contribution is -2.41. The number of rotatable bonds is 2. The van der Waals surface area contributed by atoms with Crippen LogP contribution in [0.2, 0.25) is 5.02 Å². The molecule has 1 saturated heterocycles. The Hall–Kier alpha value is -2.55. The molecule has 2 aromatic heterocycles. The van der Waals surface area contributed by atoms with Crippen LogP contribution in [-0.4, -0.2) is 43.4 Å². The number of nitrogens with zero attached hydrogens (tertiary/aromatic N) is 5. The molecule has 3 aromatic rings. The lowest BCUT2D eigenvalue weighted by atomic mass is 10.1. The van der Waals surface area contributed by atoms with Gasteiger partial charge in [0.15, 0.2) is 11.3 Å². The first kappa shape index (κ1) is 18.8. The molecule has 1 aliphatic rings. The third kappa shape index (κ3) is 3.03. The number of fused-ring (bicyclic) bond motifs is 1. The number of alkyl halides is 3. The molecule has 0 spiro atoms. The standard InChI is InChI=1S/C18H17ClF3N5O/c1-9-6-10(19)7-11(28)14(9)16-25-15-17(26(16)2)23-8-13(24-15)27-5-3-4-12(27)18(20,21)22/h6-8,12,28H,3-5H2,1-2H3. The number of aryl methyl sites for hydroxylation is 2. The highest BCUT2D eigenvalue weighted by molar-refractivity contribution is 6.31. The SMILES string of the molecule is Cc1cc(Cl)cc(O)c1-c1nc2nc(N3CCCC3C(F)(F)F)cnc2n1C. The van der Waals surface area contributed by atoms with Crippen LogP contribution in [0.3, 0.4) is 0 Å². The summed E-state index contributed by atoms with van der Waals surface area (Å²) in [5.74, 6) is 0.516. The van der Waals surface area contributed by atoms with E-state index in [2.05, 4.69) is 15.0 Å². The lowest BCUT2D eigenvalue weighted by molar-refractivity contribution is -0.146. The molecule has 6 nitrogen and oxygen atoms in total. The van der Waals surface area contributed by atoms with Crippen LogP contribution in [0.4, 0.5) is 19.0 Å². The van der Waals surface area contributed by atoms with Crippen LogP contribution in [0.1, 0.15) is 18.4 Å². The van der Waals surface area contributed by atoms with Gasteiger partial charge in [-0.05, 0) is 37.5 Å². The van der Waals surface area contributed by atoms with Crippen LogP contribution in [-0.2, 0) is 7.05 Å². The van der Waals surface area contributed by atoms with Crippen LogP contribution < -0.4 is 4.90 Å². The molecule has 1 atom stereocenters. The van der Waals surface area contributed by atoms with Gasteiger partial charge in [-0.2, -0.15) is 13.2 Å². The van der Waals surface area contributed by atoms with E-state index in [1.165, 1.54) is 17.2 Å². The lowest BCUT2D eigenvalue weighted by Gasteiger charge is -2.26. The number of hydrogen-bond acceptors (Lipinski definition) is 5. The van der Waals surface area contributed by atoms with E-state index >= 15 is 0 Å². The van der Waals surface area contributed by atoms with Crippen molar-refractivity contribution in [1.82, 2.24) is 19.5 Å². The first-order chi connectivity index (χ1) is 13.2. The van der Waals surface area contributed by atoms with Crippen LogP contribution in [0.15, 0.2) is 18.3 Å². The number of anilines is 1. The molecular weight excluding hydrogens is 395 g/mol. The molecular formula is C18H17ClF3N5O. The van der Waals surface area contributed by atoms with Crippen molar-refractivity contribution in [3.8, 4) is 17.1 Å². The Kier molecular flexibility index (Phi) is 4.37. The molecule has 0 aliphatic carbocycles. The quantitative estimate of drug-likeness (QED) is 0.683. The molecule has 1 aliphatic heterocycles. The second-order valence-corrected chi connectivity index (χ2v) is 7.32. The van der Waals surface area contributed by atoms with Gasteiger partial charge in [0.25, 0.3) is 0 Å². The number of aromatic nitrogens is 4.